The fourth-order valence-electron chi connectivity index (χ4n) is 7.87. The van der Waals surface area contributed by atoms with Crippen LogP contribution in [0, 0.1) is 6.07 Å². The number of hydrogen-bond donors (Lipinski definition) is 1. The summed E-state index contributed by atoms with van der Waals surface area (Å²) in [4.78, 5) is 10.6. The van der Waals surface area contributed by atoms with Crippen LogP contribution in [-0.2, 0) is 26.5 Å². The number of aromatic nitrogens is 5. The van der Waals surface area contributed by atoms with Crippen molar-refractivity contribution in [2.75, 3.05) is 0 Å². The summed E-state index contributed by atoms with van der Waals surface area (Å²) in [5.74, 6) is 1.75. The Labute approximate surface area is 345 Å². The van der Waals surface area contributed by atoms with Crippen molar-refractivity contribution < 1.29 is 26.2 Å². The summed E-state index contributed by atoms with van der Waals surface area (Å²) in [5, 5.41) is 11.0. The Kier molecular flexibility index (Phi) is 9.02. The van der Waals surface area contributed by atoms with Gasteiger partial charge in [0.25, 0.3) is 0 Å². The molecule has 10 aromatic rings. The molecule has 1 N–H and O–H groups in total. The third-order valence-electron chi connectivity index (χ3n) is 10.7. The molecular weight excluding hydrogens is 882 g/mol. The van der Waals surface area contributed by atoms with Crippen LogP contribution in [-0.4, -0.2) is 28.6 Å². The minimum absolute atomic E-state index is 0. The summed E-state index contributed by atoms with van der Waals surface area (Å²) in [6, 6.07) is 59.8. The molecule has 0 saturated carbocycles. The molecule has 0 radical (unpaired) electrons. The van der Waals surface area contributed by atoms with Gasteiger partial charge in [0.15, 0.2) is 0 Å². The summed E-state index contributed by atoms with van der Waals surface area (Å²) in [6.45, 7) is 6.72. The normalized spacial score (nSPS) is 11.7. The Balaban J connectivity index is 0.00000422. The minimum atomic E-state index is -0.0442. The van der Waals surface area contributed by atoms with Gasteiger partial charge in [0, 0.05) is 49.8 Å². The molecule has 0 amide bonds. The molecule has 7 heteroatoms. The fraction of sp³-hybridized carbons (Fsp3) is 0.0800. The number of benzene rings is 7. The molecule has 3 heterocycles. The van der Waals surface area contributed by atoms with E-state index in [0.717, 1.165) is 72.9 Å². The van der Waals surface area contributed by atoms with Gasteiger partial charge in [-0.2, -0.15) is 0 Å². The van der Waals surface area contributed by atoms with E-state index in [-0.39, 0.29) is 32.2 Å². The second kappa shape index (κ2) is 14.2. The summed E-state index contributed by atoms with van der Waals surface area (Å²) < 4.78 is 6.63. The average Bonchev–Trinajstić information content (AvgIpc) is 3.93. The second-order valence-electron chi connectivity index (χ2n) is 15.2. The number of fused-ring (bicyclic) bond motifs is 5. The van der Waals surface area contributed by atoms with Crippen molar-refractivity contribution in [3.05, 3.63) is 182 Å². The predicted molar refractivity (Wildman–Crippen MR) is 228 cm³/mol. The molecule has 0 bridgehead atoms. The molecule has 0 unspecified atom stereocenters. The van der Waals surface area contributed by atoms with Crippen LogP contribution in [0.1, 0.15) is 26.3 Å². The first-order valence-corrected chi connectivity index (χ1v) is 18.9. The smallest absolute Gasteiger partial charge is 0.220 e. The van der Waals surface area contributed by atoms with E-state index in [1.54, 1.807) is 6.07 Å². The maximum atomic E-state index is 11.0. The van der Waals surface area contributed by atoms with Crippen LogP contribution in [0.3, 0.4) is 0 Å². The van der Waals surface area contributed by atoms with Crippen LogP contribution < -0.4 is 0 Å². The first-order valence-electron chi connectivity index (χ1n) is 18.9. The van der Waals surface area contributed by atoms with Crippen LogP contribution in [0.2, 0.25) is 0 Å². The maximum absolute atomic E-state index is 11.0. The van der Waals surface area contributed by atoms with E-state index in [9.17, 15) is 5.11 Å². The Morgan fingerprint density at radius 2 is 1.23 bits per heavy atom. The van der Waals surface area contributed by atoms with Crippen molar-refractivity contribution >= 4 is 27.8 Å². The molecule has 0 aliphatic carbocycles. The summed E-state index contributed by atoms with van der Waals surface area (Å²) in [5.41, 5.74) is 13.6. The van der Waals surface area contributed by atoms with Gasteiger partial charge in [-0.25, -0.2) is 4.98 Å². The van der Waals surface area contributed by atoms with E-state index in [2.05, 4.69) is 168 Å². The molecule has 10 rings (SSSR count). The van der Waals surface area contributed by atoms with Crippen LogP contribution in [0.5, 0.6) is 5.75 Å². The molecule has 57 heavy (non-hydrogen) atoms. The average molecular weight is 920 g/mol. The van der Waals surface area contributed by atoms with Crippen LogP contribution in [0.15, 0.2) is 170 Å². The van der Waals surface area contributed by atoms with E-state index in [1.165, 1.54) is 5.56 Å². The standard InChI is InChI=1S/C50H38N5O.Pt/c1-50(2,3)36-28-29-42(40(31-36)33-16-6-4-7-17-33)53-32-41(39-22-10-13-27-46(39)56)51-48(53)35-19-14-18-34(30-35)38-23-15-26-45-47(38)52-49-54(37-20-8-5-9-21-37)43-24-11-12-25-44(43)55(45)49;/h4-29,31-32,56H,1-3H3;/q-1;. The maximum Gasteiger partial charge on any atom is 0.220 e. The van der Waals surface area contributed by atoms with Gasteiger partial charge in [-0.1, -0.05) is 123 Å². The number of aromatic hydroxyl groups is 1. The molecule has 0 spiro atoms. The summed E-state index contributed by atoms with van der Waals surface area (Å²) in [7, 11) is 0. The molecule has 6 nitrogen and oxygen atoms in total. The second-order valence-corrected chi connectivity index (χ2v) is 15.2. The molecule has 0 aliphatic rings. The minimum Gasteiger partial charge on any atom is -0.507 e. The van der Waals surface area contributed by atoms with Gasteiger partial charge in [-0.3, -0.25) is 14.0 Å². The van der Waals surface area contributed by atoms with E-state index in [4.69, 9.17) is 9.97 Å². The number of phenols is 1. The van der Waals surface area contributed by atoms with E-state index >= 15 is 0 Å². The Hall–Kier alpha value is -6.49. The van der Waals surface area contributed by atoms with Crippen LogP contribution in [0.4, 0.5) is 0 Å². The van der Waals surface area contributed by atoms with Gasteiger partial charge in [0.05, 0.1) is 33.6 Å². The molecule has 0 saturated heterocycles. The predicted octanol–water partition coefficient (Wildman–Crippen LogP) is 12.1. The Morgan fingerprint density at radius 1 is 0.579 bits per heavy atom. The zero-order valence-corrected chi connectivity index (χ0v) is 33.9. The van der Waals surface area contributed by atoms with Gasteiger partial charge in [-0.15, -0.1) is 29.8 Å². The third kappa shape index (κ3) is 6.18. The molecule has 0 atom stereocenters. The van der Waals surface area contributed by atoms with Crippen molar-refractivity contribution in [2.45, 2.75) is 26.2 Å². The van der Waals surface area contributed by atoms with Gasteiger partial charge in [-0.05, 0) is 71.1 Å². The quantitative estimate of drug-likeness (QED) is 0.169. The molecule has 280 valence electrons. The van der Waals surface area contributed by atoms with Gasteiger partial charge >= 0.3 is 0 Å². The number of hydrogen-bond acceptors (Lipinski definition) is 3. The zero-order chi connectivity index (χ0) is 38.0. The fourth-order valence-corrected chi connectivity index (χ4v) is 7.87. The summed E-state index contributed by atoms with van der Waals surface area (Å²) in [6.07, 6.45) is 2.03. The monoisotopic (exact) mass is 919 g/mol. The zero-order valence-electron chi connectivity index (χ0n) is 31.7. The van der Waals surface area contributed by atoms with Crippen molar-refractivity contribution in [1.29, 1.82) is 0 Å². The van der Waals surface area contributed by atoms with Crippen molar-refractivity contribution in [3.63, 3.8) is 0 Å². The van der Waals surface area contributed by atoms with E-state index in [1.807, 2.05) is 36.5 Å². The number of para-hydroxylation sites is 5. The Morgan fingerprint density at radius 3 is 2.00 bits per heavy atom. The number of nitrogens with zero attached hydrogens (tertiary/aromatic N) is 5. The van der Waals surface area contributed by atoms with Gasteiger partial charge in [0.2, 0.25) is 5.78 Å². The number of phenolic OH excluding ortho intramolecular Hbond substituents is 1. The summed E-state index contributed by atoms with van der Waals surface area (Å²) >= 11 is 0. The molecule has 7 aromatic carbocycles. The van der Waals surface area contributed by atoms with E-state index in [0.29, 0.717) is 11.3 Å². The largest absolute Gasteiger partial charge is 0.507 e. The molecule has 3 aromatic heterocycles. The first kappa shape index (κ1) is 36.2. The third-order valence-corrected chi connectivity index (χ3v) is 10.7. The van der Waals surface area contributed by atoms with Crippen LogP contribution >= 0.6 is 0 Å². The number of imidazole rings is 3. The van der Waals surface area contributed by atoms with Crippen molar-refractivity contribution in [2.24, 2.45) is 0 Å². The number of rotatable bonds is 6. The molecular formula is C50H38N5OPt-. The van der Waals surface area contributed by atoms with Gasteiger partial charge < -0.3 is 9.67 Å². The topological polar surface area (TPSA) is 60.3 Å². The van der Waals surface area contributed by atoms with E-state index < -0.39 is 0 Å². The van der Waals surface area contributed by atoms with Crippen molar-refractivity contribution in [3.8, 4) is 62.0 Å². The van der Waals surface area contributed by atoms with Gasteiger partial charge in [0.1, 0.15) is 5.75 Å². The van der Waals surface area contributed by atoms with Crippen molar-refractivity contribution in [1.82, 2.24) is 23.5 Å². The van der Waals surface area contributed by atoms with Crippen LogP contribution in [0.25, 0.3) is 84.1 Å². The first-order chi connectivity index (χ1) is 27.3. The SMILES string of the molecule is CC(C)(C)c1ccc(-n2cc(-c3ccccc3O)nc2-c2[c-]c(-c3cccc4c3nc3n(-c5ccccc5)c5ccccc5n43)ccc2)c(-c2ccccc2)c1.[Pt]. The molecule has 0 fully saturated rings. The molecule has 0 aliphatic heterocycles. The Bertz CT molecular complexity index is 3080.